The number of thiazole rings is 2. The van der Waals surface area contributed by atoms with E-state index in [0.717, 1.165) is 68.1 Å². The highest BCUT2D eigenvalue weighted by molar-refractivity contribution is 7.90. The van der Waals surface area contributed by atoms with Crippen molar-refractivity contribution >= 4 is 83.4 Å². The van der Waals surface area contributed by atoms with E-state index >= 15 is 0 Å². The van der Waals surface area contributed by atoms with Gasteiger partial charge in [0.25, 0.3) is 11.8 Å². The van der Waals surface area contributed by atoms with Crippen LogP contribution in [0.15, 0.2) is 90.6 Å². The average Bonchev–Trinajstić information content (AvgIpc) is 1.90. The maximum Gasteiger partial charge on any atom is 0.284 e. The maximum atomic E-state index is 14.7. The van der Waals surface area contributed by atoms with E-state index in [1.54, 1.807) is 23.6 Å². The van der Waals surface area contributed by atoms with E-state index in [1.807, 2.05) is 134 Å². The summed E-state index contributed by atoms with van der Waals surface area (Å²) in [4.78, 5) is 91.1. The summed E-state index contributed by atoms with van der Waals surface area (Å²) in [7, 11) is -4.23. The van der Waals surface area contributed by atoms with Crippen molar-refractivity contribution in [1.82, 2.24) is 49.9 Å². The van der Waals surface area contributed by atoms with E-state index in [0.29, 0.717) is 79.0 Å². The van der Waals surface area contributed by atoms with Crippen LogP contribution in [-0.2, 0) is 43.9 Å². The highest BCUT2D eigenvalue weighted by Gasteiger charge is 2.45. The molecule has 0 unspecified atom stereocenters. The van der Waals surface area contributed by atoms with Crippen LogP contribution in [0.1, 0.15) is 134 Å². The second kappa shape index (κ2) is 26.3. The molecule has 0 bridgehead atoms. The number of para-hydroxylation sites is 1. The Bertz CT molecular complexity index is 3810. The molecule has 0 radical (unpaired) electrons. The number of aliphatic hydroxyl groups excluding tert-OH is 1. The fraction of sp³-hybridized carbons (Fsp3) is 0.462. The van der Waals surface area contributed by atoms with Crippen molar-refractivity contribution in [3.8, 4) is 21.6 Å². The molecule has 88 heavy (non-hydrogen) atoms. The van der Waals surface area contributed by atoms with Crippen LogP contribution in [0.25, 0.3) is 31.8 Å². The van der Waals surface area contributed by atoms with Crippen LogP contribution < -0.4 is 25.6 Å². The number of hydrogen-bond donors (Lipinski definition) is 5. The first kappa shape index (κ1) is 62.2. The molecule has 2 saturated heterocycles. The molecule has 1 aliphatic carbocycles. The number of anilines is 2. The molecular weight excluding hydrogens is 1170 g/mol. The predicted molar refractivity (Wildman–Crippen MR) is 342 cm³/mol. The number of pyridine rings is 1. The molecule has 11 rings (SSSR count). The van der Waals surface area contributed by atoms with Crippen LogP contribution >= 0.6 is 22.7 Å². The lowest BCUT2D eigenvalue weighted by Crippen LogP contribution is -2.59. The van der Waals surface area contributed by atoms with Crippen molar-refractivity contribution in [3.05, 3.63) is 130 Å². The Morgan fingerprint density at radius 2 is 1.59 bits per heavy atom. The van der Waals surface area contributed by atoms with Crippen LogP contribution in [0, 0.1) is 31.1 Å². The Labute approximate surface area is 522 Å². The summed E-state index contributed by atoms with van der Waals surface area (Å²) < 4.78 is 33.6. The van der Waals surface area contributed by atoms with Gasteiger partial charge in [0.1, 0.15) is 23.6 Å². The highest BCUT2D eigenvalue weighted by Crippen LogP contribution is 2.35. The smallest absolute Gasteiger partial charge is 0.284 e. The van der Waals surface area contributed by atoms with Gasteiger partial charge < -0.3 is 25.5 Å². The Kier molecular flexibility index (Phi) is 18.6. The van der Waals surface area contributed by atoms with E-state index < -0.39 is 63.3 Å². The third kappa shape index (κ3) is 14.2. The fourth-order valence-corrected chi connectivity index (χ4v) is 16.0. The molecule has 20 nitrogen and oxygen atoms in total. The first-order valence-electron chi connectivity index (χ1n) is 30.6. The minimum Gasteiger partial charge on any atom is -0.391 e. The van der Waals surface area contributed by atoms with Crippen molar-refractivity contribution < 1.29 is 37.5 Å². The maximum absolute atomic E-state index is 14.7. The largest absolute Gasteiger partial charge is 0.391 e. The molecule has 7 heterocycles. The summed E-state index contributed by atoms with van der Waals surface area (Å²) in [6, 6.07) is 22.6. The Balaban J connectivity index is 0.728. The van der Waals surface area contributed by atoms with Gasteiger partial charge in [0, 0.05) is 55.0 Å². The van der Waals surface area contributed by atoms with Crippen molar-refractivity contribution in [2.75, 3.05) is 48.7 Å². The van der Waals surface area contributed by atoms with Gasteiger partial charge >= 0.3 is 0 Å². The molecule has 0 spiro atoms. The summed E-state index contributed by atoms with van der Waals surface area (Å²) in [6.07, 6.45) is 8.15. The zero-order chi connectivity index (χ0) is 62.0. The van der Waals surface area contributed by atoms with Crippen molar-refractivity contribution in [3.63, 3.8) is 0 Å². The van der Waals surface area contributed by atoms with Gasteiger partial charge in [-0.1, -0.05) is 99.9 Å². The number of carbonyl (C=O) groups is 5. The Morgan fingerprint density at radius 3 is 2.32 bits per heavy atom. The summed E-state index contributed by atoms with van der Waals surface area (Å²) in [5, 5.41) is 25.1. The van der Waals surface area contributed by atoms with Crippen molar-refractivity contribution in [2.24, 2.45) is 17.3 Å². The fourth-order valence-electron chi connectivity index (χ4n) is 12.9. The molecule has 4 aliphatic rings. The molecule has 4 atom stereocenters. The number of rotatable bonds is 18. The van der Waals surface area contributed by atoms with Gasteiger partial charge in [-0.15, -0.1) is 11.3 Å². The first-order valence-corrected chi connectivity index (χ1v) is 33.9. The number of β-amino-alcohol motifs (C(OH)–C–C–N with tert-alkyl or cyclic N) is 1. The van der Waals surface area contributed by atoms with Crippen LogP contribution in [0.5, 0.6) is 0 Å². The molecule has 1 saturated carbocycles. The second-order valence-electron chi connectivity index (χ2n) is 25.3. The lowest BCUT2D eigenvalue weighted by molar-refractivity contribution is -0.144. The number of hydrogen-bond acceptors (Lipinski definition) is 16. The SMILES string of the molecule is Cc1ncsc1-c1ccc([C@H](C)NC(=O)[C@@H]2C[C@@H](O)CN2C(=O)[C@@H](NC(=O)CN2CCC(CS(=O)(=O)NC(=O)c3nc(N4CCc5cccc(C(=O)Nc6nc7ccccc7s6)c5C4)ccc3-c3cnn(CC4CCCCC4)c3C)CC2)C(C)(C)C)cc1. The molecular formula is C65H78N12O8S3. The van der Waals surface area contributed by atoms with Gasteiger partial charge in [-0.3, -0.25) is 38.9 Å². The van der Waals surface area contributed by atoms with Crippen molar-refractivity contribution in [1.29, 1.82) is 0 Å². The van der Waals surface area contributed by atoms with Gasteiger partial charge in [0.05, 0.1) is 56.9 Å². The van der Waals surface area contributed by atoms with Gasteiger partial charge in [-0.2, -0.15) is 5.10 Å². The van der Waals surface area contributed by atoms with Crippen LogP contribution in [-0.4, -0.2) is 134 Å². The molecule has 4 aromatic heterocycles. The van der Waals surface area contributed by atoms with E-state index in [-0.39, 0.29) is 42.8 Å². The number of aliphatic hydroxyl groups is 1. The molecule has 3 fully saturated rings. The third-order valence-corrected chi connectivity index (χ3v) is 21.2. The monoisotopic (exact) mass is 1250 g/mol. The lowest BCUT2D eigenvalue weighted by Gasteiger charge is -2.36. The number of likely N-dealkylation sites (tertiary alicyclic amines) is 2. The third-order valence-electron chi connectivity index (χ3n) is 17.8. The number of aryl methyl sites for hydroxylation is 1. The summed E-state index contributed by atoms with van der Waals surface area (Å²) in [5.74, 6) is -2.14. The number of sulfonamides is 1. The Hall–Kier alpha value is -7.44. The Morgan fingerprint density at radius 1 is 0.830 bits per heavy atom. The van der Waals surface area contributed by atoms with Gasteiger partial charge in [0.15, 0.2) is 5.13 Å². The van der Waals surface area contributed by atoms with Crippen molar-refractivity contribution in [2.45, 2.75) is 137 Å². The van der Waals surface area contributed by atoms with Crippen LogP contribution in [0.2, 0.25) is 0 Å². The number of amides is 5. The molecule has 464 valence electrons. The van der Waals surface area contributed by atoms with Crippen LogP contribution in [0.4, 0.5) is 10.9 Å². The highest BCUT2D eigenvalue weighted by atomic mass is 32.2. The van der Waals surface area contributed by atoms with Gasteiger partial charge in [-0.05, 0) is 136 Å². The lowest BCUT2D eigenvalue weighted by atomic mass is 9.85. The van der Waals surface area contributed by atoms with E-state index in [2.05, 4.69) is 30.6 Å². The van der Waals surface area contributed by atoms with E-state index in [9.17, 15) is 37.5 Å². The topological polar surface area (TPSA) is 254 Å². The number of piperidine rings is 1. The standard InChI is InChI=1S/C65H78N12O8S3/c1-39(44-19-21-46(22-20-44)58-40(2)66-38-86-58)68-61(81)53-31-47(78)34-76(53)63(83)59(65(4,5)6)71-56(79)36-74-28-25-43(26-29-74)37-88(84,85)73-62(82)57-48(50-32-67-77(41(50)3)33-42-13-8-7-9-14-42)23-24-55(70-57)75-30-27-45-15-12-16-49(51(45)35-75)60(80)72-64-69-52-17-10-11-18-54(52)87-64/h10-12,15-24,32,38-39,42-43,47,53,59,78H,7-9,13-14,25-31,33-37H2,1-6H3,(H,68,81)(H,71,79)(H,73,82)(H,69,72,80)/t39-,47+,53-,59+/m0/s1. The quantitative estimate of drug-likeness (QED) is 0.0538. The average molecular weight is 1250 g/mol. The first-order chi connectivity index (χ1) is 42.1. The molecule has 23 heteroatoms. The zero-order valence-corrected chi connectivity index (χ0v) is 53.2. The second-order valence-corrected chi connectivity index (χ2v) is 28.9. The summed E-state index contributed by atoms with van der Waals surface area (Å²) in [6.45, 7) is 13.6. The minimum atomic E-state index is -4.23. The molecule has 7 aromatic rings. The molecule has 5 N–H and O–H groups in total. The number of carbonyl (C=O) groups excluding carboxylic acids is 5. The van der Waals surface area contributed by atoms with E-state index in [4.69, 9.17) is 10.1 Å². The summed E-state index contributed by atoms with van der Waals surface area (Å²) >= 11 is 2.96. The number of nitrogens with zero attached hydrogens (tertiary/aromatic N) is 8. The normalized spacial score (nSPS) is 18.6. The van der Waals surface area contributed by atoms with Gasteiger partial charge in [-0.25, -0.2) is 28.1 Å². The minimum absolute atomic E-state index is 0.0514. The number of nitrogens with one attached hydrogen (secondary N) is 4. The van der Waals surface area contributed by atoms with E-state index in [1.165, 1.54) is 35.5 Å². The van der Waals surface area contributed by atoms with Crippen LogP contribution in [0.3, 0.4) is 0 Å². The number of benzene rings is 3. The van der Waals surface area contributed by atoms with Gasteiger partial charge in [0.2, 0.25) is 27.7 Å². The number of fused-ring (bicyclic) bond motifs is 2. The molecule has 3 aromatic carbocycles. The predicted octanol–water partition coefficient (Wildman–Crippen LogP) is 8.83. The molecule has 5 amide bonds. The number of aromatic nitrogens is 5. The summed E-state index contributed by atoms with van der Waals surface area (Å²) in [5.41, 5.74) is 8.96. The zero-order valence-electron chi connectivity index (χ0n) is 50.8. The molecule has 3 aliphatic heterocycles.